The standard InChI is InChI=1S/C10H14BrN5O/c1-10(2)9(17)13-3-4-16(10)8-6(11)7(12)14-5-15-8/h5H,3-4H2,1-2H3,(H,13,17)(H2,12,14,15). The van der Waals surface area contributed by atoms with Gasteiger partial charge >= 0.3 is 0 Å². The SMILES string of the molecule is CC1(C)C(=O)NCCN1c1ncnc(N)c1Br. The summed E-state index contributed by atoms with van der Waals surface area (Å²) < 4.78 is 0.628. The van der Waals surface area contributed by atoms with Crippen molar-refractivity contribution in [1.82, 2.24) is 15.3 Å². The van der Waals surface area contributed by atoms with Crippen LogP contribution in [-0.2, 0) is 4.79 Å². The van der Waals surface area contributed by atoms with Gasteiger partial charge < -0.3 is 16.0 Å². The Labute approximate surface area is 108 Å². The van der Waals surface area contributed by atoms with E-state index >= 15 is 0 Å². The van der Waals surface area contributed by atoms with E-state index in [-0.39, 0.29) is 5.91 Å². The van der Waals surface area contributed by atoms with E-state index in [1.54, 1.807) is 0 Å². The van der Waals surface area contributed by atoms with Crippen molar-refractivity contribution in [3.63, 3.8) is 0 Å². The second-order valence-electron chi connectivity index (χ2n) is 4.36. The van der Waals surface area contributed by atoms with Crippen LogP contribution < -0.4 is 16.0 Å². The van der Waals surface area contributed by atoms with Gasteiger partial charge in [0.15, 0.2) is 0 Å². The molecule has 2 rings (SSSR count). The quantitative estimate of drug-likeness (QED) is 0.790. The first-order valence-electron chi connectivity index (χ1n) is 5.26. The number of halogens is 1. The number of nitrogens with two attached hydrogens (primary N) is 1. The molecule has 2 heterocycles. The molecule has 0 atom stereocenters. The summed E-state index contributed by atoms with van der Waals surface area (Å²) in [5, 5.41) is 2.84. The Bertz CT molecular complexity index is 462. The maximum absolute atomic E-state index is 11.9. The molecule has 1 saturated heterocycles. The zero-order chi connectivity index (χ0) is 12.6. The second-order valence-corrected chi connectivity index (χ2v) is 5.16. The molecule has 92 valence electrons. The van der Waals surface area contributed by atoms with Crippen molar-refractivity contribution in [3.8, 4) is 0 Å². The molecule has 1 aromatic heterocycles. The lowest BCUT2D eigenvalue weighted by atomic mass is 9.99. The van der Waals surface area contributed by atoms with E-state index in [0.717, 1.165) is 0 Å². The van der Waals surface area contributed by atoms with Gasteiger partial charge in [-0.2, -0.15) is 0 Å². The van der Waals surface area contributed by atoms with Crippen LogP contribution in [0, 0.1) is 0 Å². The number of hydrogen-bond acceptors (Lipinski definition) is 5. The molecule has 1 aromatic rings. The highest BCUT2D eigenvalue weighted by molar-refractivity contribution is 9.10. The van der Waals surface area contributed by atoms with Gasteiger partial charge in [0, 0.05) is 13.1 Å². The summed E-state index contributed by atoms with van der Waals surface area (Å²) in [6.45, 7) is 4.99. The van der Waals surface area contributed by atoms with E-state index in [9.17, 15) is 4.79 Å². The molecular formula is C10H14BrN5O. The molecule has 0 saturated carbocycles. The van der Waals surface area contributed by atoms with E-state index in [4.69, 9.17) is 5.73 Å². The van der Waals surface area contributed by atoms with Crippen LogP contribution in [0.5, 0.6) is 0 Å². The highest BCUT2D eigenvalue weighted by Gasteiger charge is 2.39. The van der Waals surface area contributed by atoms with Crippen molar-refractivity contribution in [2.45, 2.75) is 19.4 Å². The Hall–Kier alpha value is -1.37. The van der Waals surface area contributed by atoms with Crippen LogP contribution in [-0.4, -0.2) is 34.5 Å². The summed E-state index contributed by atoms with van der Waals surface area (Å²) in [7, 11) is 0. The van der Waals surface area contributed by atoms with Gasteiger partial charge in [-0.3, -0.25) is 4.79 Å². The van der Waals surface area contributed by atoms with Gasteiger partial charge in [0.2, 0.25) is 5.91 Å². The van der Waals surface area contributed by atoms with E-state index in [2.05, 4.69) is 31.2 Å². The number of hydrogen-bond donors (Lipinski definition) is 2. The molecule has 0 bridgehead atoms. The molecule has 17 heavy (non-hydrogen) atoms. The number of piperazine rings is 1. The van der Waals surface area contributed by atoms with Crippen LogP contribution in [0.15, 0.2) is 10.8 Å². The number of carbonyl (C=O) groups excluding carboxylic acids is 1. The van der Waals surface area contributed by atoms with Crippen molar-refractivity contribution in [1.29, 1.82) is 0 Å². The molecule has 7 heteroatoms. The van der Waals surface area contributed by atoms with E-state index in [0.29, 0.717) is 29.2 Å². The summed E-state index contributed by atoms with van der Waals surface area (Å²) in [5.41, 5.74) is 5.07. The number of rotatable bonds is 1. The van der Waals surface area contributed by atoms with Crippen LogP contribution in [0.25, 0.3) is 0 Å². The van der Waals surface area contributed by atoms with Gasteiger partial charge in [0.05, 0.1) is 0 Å². The van der Waals surface area contributed by atoms with E-state index in [1.165, 1.54) is 6.33 Å². The largest absolute Gasteiger partial charge is 0.383 e. The predicted octanol–water partition coefficient (Wildman–Crippen LogP) is 0.536. The fourth-order valence-electron chi connectivity index (χ4n) is 1.83. The molecule has 1 aliphatic heterocycles. The van der Waals surface area contributed by atoms with Crippen molar-refractivity contribution in [2.75, 3.05) is 23.7 Å². The van der Waals surface area contributed by atoms with Crippen molar-refractivity contribution >= 4 is 33.5 Å². The zero-order valence-electron chi connectivity index (χ0n) is 9.70. The smallest absolute Gasteiger partial charge is 0.245 e. The van der Waals surface area contributed by atoms with Gasteiger partial charge in [0.1, 0.15) is 28.0 Å². The number of carbonyl (C=O) groups is 1. The summed E-state index contributed by atoms with van der Waals surface area (Å²) in [4.78, 5) is 21.9. The monoisotopic (exact) mass is 299 g/mol. The summed E-state index contributed by atoms with van der Waals surface area (Å²) in [6, 6.07) is 0. The fraction of sp³-hybridized carbons (Fsp3) is 0.500. The third-order valence-electron chi connectivity index (χ3n) is 2.91. The van der Waals surface area contributed by atoms with Crippen molar-refractivity contribution in [3.05, 3.63) is 10.8 Å². The molecule has 1 aliphatic rings. The third kappa shape index (κ3) is 1.95. The molecule has 0 spiro atoms. The molecule has 0 aliphatic carbocycles. The zero-order valence-corrected chi connectivity index (χ0v) is 11.3. The highest BCUT2D eigenvalue weighted by Crippen LogP contribution is 2.32. The first-order valence-corrected chi connectivity index (χ1v) is 6.06. The predicted molar refractivity (Wildman–Crippen MR) is 68.6 cm³/mol. The second kappa shape index (κ2) is 4.14. The number of nitrogens with one attached hydrogen (secondary N) is 1. The first-order chi connectivity index (χ1) is 7.94. The van der Waals surface area contributed by atoms with Gasteiger partial charge in [-0.25, -0.2) is 9.97 Å². The minimum atomic E-state index is -0.651. The molecule has 3 N–H and O–H groups in total. The van der Waals surface area contributed by atoms with E-state index in [1.807, 2.05) is 18.7 Å². The number of anilines is 2. The molecular weight excluding hydrogens is 286 g/mol. The summed E-state index contributed by atoms with van der Waals surface area (Å²) in [6.07, 6.45) is 1.40. The molecule has 6 nitrogen and oxygen atoms in total. The van der Waals surface area contributed by atoms with Gasteiger partial charge in [0.25, 0.3) is 0 Å². The molecule has 1 fully saturated rings. The fourth-order valence-corrected chi connectivity index (χ4v) is 2.25. The van der Waals surface area contributed by atoms with Gasteiger partial charge in [-0.15, -0.1) is 0 Å². The molecule has 0 aromatic carbocycles. The lowest BCUT2D eigenvalue weighted by Gasteiger charge is -2.42. The normalized spacial score (nSPS) is 19.0. The minimum Gasteiger partial charge on any atom is -0.383 e. The molecule has 1 amide bonds. The van der Waals surface area contributed by atoms with Crippen LogP contribution in [0.3, 0.4) is 0 Å². The number of nitrogen functional groups attached to an aromatic ring is 1. The molecule has 0 unspecified atom stereocenters. The lowest BCUT2D eigenvalue weighted by molar-refractivity contribution is -0.126. The Balaban J connectivity index is 2.45. The van der Waals surface area contributed by atoms with Crippen molar-refractivity contribution < 1.29 is 4.79 Å². The van der Waals surface area contributed by atoms with Crippen LogP contribution in [0.1, 0.15) is 13.8 Å². The summed E-state index contributed by atoms with van der Waals surface area (Å²) in [5.74, 6) is 1.00. The number of amides is 1. The summed E-state index contributed by atoms with van der Waals surface area (Å²) >= 11 is 3.36. The number of aromatic nitrogens is 2. The minimum absolute atomic E-state index is 0.0205. The Kier molecular flexibility index (Phi) is 2.94. The highest BCUT2D eigenvalue weighted by atomic mass is 79.9. The first kappa shape index (κ1) is 12.1. The van der Waals surface area contributed by atoms with Crippen molar-refractivity contribution in [2.24, 2.45) is 0 Å². The Morgan fingerprint density at radius 2 is 2.24 bits per heavy atom. The van der Waals surface area contributed by atoms with E-state index < -0.39 is 5.54 Å². The topological polar surface area (TPSA) is 84.1 Å². The van der Waals surface area contributed by atoms with Crippen LogP contribution in [0.2, 0.25) is 0 Å². The van der Waals surface area contributed by atoms with Crippen LogP contribution >= 0.6 is 15.9 Å². The number of nitrogens with zero attached hydrogens (tertiary/aromatic N) is 3. The van der Waals surface area contributed by atoms with Gasteiger partial charge in [-0.1, -0.05) is 0 Å². The maximum atomic E-state index is 11.9. The Morgan fingerprint density at radius 3 is 2.94 bits per heavy atom. The average Bonchev–Trinajstić information content (AvgIpc) is 2.27. The molecule has 0 radical (unpaired) electrons. The van der Waals surface area contributed by atoms with Crippen LogP contribution in [0.4, 0.5) is 11.6 Å². The van der Waals surface area contributed by atoms with Gasteiger partial charge in [-0.05, 0) is 29.8 Å². The average molecular weight is 300 g/mol. The third-order valence-corrected chi connectivity index (χ3v) is 3.67. The maximum Gasteiger partial charge on any atom is 0.245 e. The Morgan fingerprint density at radius 1 is 1.53 bits per heavy atom. The lowest BCUT2D eigenvalue weighted by Crippen LogP contribution is -2.62.